The molecule has 0 amide bonds. The minimum absolute atomic E-state index is 0.245. The molecule has 0 spiro atoms. The van der Waals surface area contributed by atoms with Gasteiger partial charge in [0.05, 0.1) is 0 Å². The summed E-state index contributed by atoms with van der Waals surface area (Å²) < 4.78 is 0. The van der Waals surface area contributed by atoms with Crippen molar-refractivity contribution >= 4 is 11.8 Å². The summed E-state index contributed by atoms with van der Waals surface area (Å²) in [5.74, 6) is 3.58. The van der Waals surface area contributed by atoms with Gasteiger partial charge in [-0.05, 0) is 60.3 Å². The third-order valence-corrected chi connectivity index (χ3v) is 5.38. The maximum atomic E-state index is 3.72. The predicted molar refractivity (Wildman–Crippen MR) is 91.6 cm³/mol. The summed E-state index contributed by atoms with van der Waals surface area (Å²) in [6.45, 7) is 10.3. The fourth-order valence-electron chi connectivity index (χ4n) is 2.68. The second-order valence-corrected chi connectivity index (χ2v) is 8.28. The smallest absolute Gasteiger partial charge is 0.0291 e. The van der Waals surface area contributed by atoms with E-state index in [0.717, 1.165) is 5.92 Å². The molecule has 1 saturated heterocycles. The molecule has 2 heteroatoms. The molecule has 1 atom stereocenters. The van der Waals surface area contributed by atoms with E-state index in [2.05, 4.69) is 69.0 Å². The van der Waals surface area contributed by atoms with Gasteiger partial charge in [0.25, 0.3) is 0 Å². The molecule has 1 aromatic carbocycles. The summed E-state index contributed by atoms with van der Waals surface area (Å²) in [6.07, 6.45) is 2.76. The third-order valence-electron chi connectivity index (χ3n) is 4.33. The standard InChI is InChI=1S/C18H29NS/c1-14(19-13-15-9-11-20-12-10-15)16-5-7-17(8-6-16)18(2,3)4/h5-8,14-15,19H,9-13H2,1-4H3. The molecule has 0 aliphatic carbocycles. The highest BCUT2D eigenvalue weighted by atomic mass is 32.2. The monoisotopic (exact) mass is 291 g/mol. The molecular weight excluding hydrogens is 262 g/mol. The summed E-state index contributed by atoms with van der Waals surface area (Å²) in [5, 5.41) is 3.72. The van der Waals surface area contributed by atoms with Gasteiger partial charge in [0.2, 0.25) is 0 Å². The van der Waals surface area contributed by atoms with Crippen molar-refractivity contribution in [1.29, 1.82) is 0 Å². The molecule has 1 unspecified atom stereocenters. The van der Waals surface area contributed by atoms with Gasteiger partial charge in [-0.15, -0.1) is 0 Å². The van der Waals surface area contributed by atoms with E-state index in [9.17, 15) is 0 Å². The lowest BCUT2D eigenvalue weighted by Crippen LogP contribution is -2.28. The van der Waals surface area contributed by atoms with Crippen molar-refractivity contribution in [2.45, 2.75) is 52.0 Å². The molecule has 1 aliphatic heterocycles. The topological polar surface area (TPSA) is 12.0 Å². The quantitative estimate of drug-likeness (QED) is 0.857. The number of hydrogen-bond donors (Lipinski definition) is 1. The van der Waals surface area contributed by atoms with Gasteiger partial charge in [0, 0.05) is 6.04 Å². The molecular formula is C18H29NS. The molecule has 0 bridgehead atoms. The second kappa shape index (κ2) is 7.00. The van der Waals surface area contributed by atoms with Crippen LogP contribution >= 0.6 is 11.8 Å². The first-order valence-corrected chi connectivity index (χ1v) is 9.04. The van der Waals surface area contributed by atoms with Crippen LogP contribution in [0.1, 0.15) is 57.7 Å². The van der Waals surface area contributed by atoms with Gasteiger partial charge >= 0.3 is 0 Å². The van der Waals surface area contributed by atoms with Crippen LogP contribution in [0.15, 0.2) is 24.3 Å². The van der Waals surface area contributed by atoms with Crippen molar-refractivity contribution < 1.29 is 0 Å². The van der Waals surface area contributed by atoms with Crippen LogP contribution in [0.4, 0.5) is 0 Å². The van der Waals surface area contributed by atoms with Crippen molar-refractivity contribution in [1.82, 2.24) is 5.32 Å². The highest BCUT2D eigenvalue weighted by molar-refractivity contribution is 7.99. The molecule has 0 saturated carbocycles. The SMILES string of the molecule is CC(NCC1CCSCC1)c1ccc(C(C)(C)C)cc1. The molecule has 0 aromatic heterocycles. The number of nitrogens with one attached hydrogen (secondary N) is 1. The van der Waals surface area contributed by atoms with Crippen LogP contribution in [0.3, 0.4) is 0 Å². The Morgan fingerprint density at radius 2 is 1.75 bits per heavy atom. The Morgan fingerprint density at radius 1 is 1.15 bits per heavy atom. The Hall–Kier alpha value is -0.470. The van der Waals surface area contributed by atoms with E-state index in [4.69, 9.17) is 0 Å². The second-order valence-electron chi connectivity index (χ2n) is 7.06. The first-order chi connectivity index (χ1) is 9.47. The number of hydrogen-bond acceptors (Lipinski definition) is 2. The molecule has 1 N–H and O–H groups in total. The van der Waals surface area contributed by atoms with Crippen LogP contribution in [-0.2, 0) is 5.41 Å². The lowest BCUT2D eigenvalue weighted by molar-refractivity contribution is 0.421. The summed E-state index contributed by atoms with van der Waals surface area (Å²) in [4.78, 5) is 0. The van der Waals surface area contributed by atoms with Crippen molar-refractivity contribution in [3.63, 3.8) is 0 Å². The highest BCUT2D eigenvalue weighted by Crippen LogP contribution is 2.25. The molecule has 112 valence electrons. The predicted octanol–water partition coefficient (Wildman–Crippen LogP) is 4.78. The van der Waals surface area contributed by atoms with Crippen LogP contribution in [0.25, 0.3) is 0 Å². The van der Waals surface area contributed by atoms with Crippen LogP contribution in [0.5, 0.6) is 0 Å². The van der Waals surface area contributed by atoms with Crippen LogP contribution in [0.2, 0.25) is 0 Å². The first kappa shape index (κ1) is 15.9. The van der Waals surface area contributed by atoms with E-state index in [1.807, 2.05) is 0 Å². The minimum atomic E-state index is 0.245. The summed E-state index contributed by atoms with van der Waals surface area (Å²) >= 11 is 2.11. The Labute approximate surface area is 128 Å². The molecule has 1 nitrogen and oxygen atoms in total. The van der Waals surface area contributed by atoms with Crippen LogP contribution in [-0.4, -0.2) is 18.1 Å². The Bertz CT molecular complexity index is 398. The van der Waals surface area contributed by atoms with Gasteiger partial charge < -0.3 is 5.32 Å². The number of rotatable bonds is 4. The summed E-state index contributed by atoms with van der Waals surface area (Å²) in [6, 6.07) is 9.60. The van der Waals surface area contributed by atoms with Gasteiger partial charge in [-0.1, -0.05) is 45.0 Å². The fourth-order valence-corrected chi connectivity index (χ4v) is 3.89. The van der Waals surface area contributed by atoms with Crippen LogP contribution < -0.4 is 5.32 Å². The van der Waals surface area contributed by atoms with Crippen LogP contribution in [0, 0.1) is 5.92 Å². The van der Waals surface area contributed by atoms with E-state index in [-0.39, 0.29) is 5.41 Å². The molecule has 1 fully saturated rings. The molecule has 2 rings (SSSR count). The van der Waals surface area contributed by atoms with Crippen molar-refractivity contribution in [3.8, 4) is 0 Å². The minimum Gasteiger partial charge on any atom is -0.310 e. The average molecular weight is 292 g/mol. The van der Waals surface area contributed by atoms with Crippen molar-refractivity contribution in [3.05, 3.63) is 35.4 Å². The molecule has 0 radical (unpaired) electrons. The third kappa shape index (κ3) is 4.53. The molecule has 20 heavy (non-hydrogen) atoms. The van der Waals surface area contributed by atoms with Crippen molar-refractivity contribution in [2.24, 2.45) is 5.92 Å². The Kier molecular flexibility index (Phi) is 5.57. The zero-order valence-corrected chi connectivity index (χ0v) is 14.2. The largest absolute Gasteiger partial charge is 0.310 e. The maximum Gasteiger partial charge on any atom is 0.0291 e. The zero-order valence-electron chi connectivity index (χ0n) is 13.4. The molecule has 1 aliphatic rings. The van der Waals surface area contributed by atoms with Gasteiger partial charge in [-0.2, -0.15) is 11.8 Å². The summed E-state index contributed by atoms with van der Waals surface area (Å²) in [7, 11) is 0. The first-order valence-electron chi connectivity index (χ1n) is 7.88. The van der Waals surface area contributed by atoms with Gasteiger partial charge in [0.15, 0.2) is 0 Å². The van der Waals surface area contributed by atoms with Gasteiger partial charge in [-0.3, -0.25) is 0 Å². The van der Waals surface area contributed by atoms with Gasteiger partial charge in [0.1, 0.15) is 0 Å². The van der Waals surface area contributed by atoms with E-state index >= 15 is 0 Å². The lowest BCUT2D eigenvalue weighted by atomic mass is 9.86. The van der Waals surface area contributed by atoms with Crippen molar-refractivity contribution in [2.75, 3.05) is 18.1 Å². The molecule has 1 aromatic rings. The maximum absolute atomic E-state index is 3.72. The molecule has 1 heterocycles. The van der Waals surface area contributed by atoms with E-state index in [0.29, 0.717) is 6.04 Å². The zero-order chi connectivity index (χ0) is 14.6. The van der Waals surface area contributed by atoms with E-state index in [1.165, 1.54) is 42.0 Å². The number of thioether (sulfide) groups is 1. The average Bonchev–Trinajstić information content (AvgIpc) is 2.45. The normalized spacial score (nSPS) is 19.0. The fraction of sp³-hybridized carbons (Fsp3) is 0.667. The number of benzene rings is 1. The van der Waals surface area contributed by atoms with E-state index < -0.39 is 0 Å². The summed E-state index contributed by atoms with van der Waals surface area (Å²) in [5.41, 5.74) is 3.07. The lowest BCUT2D eigenvalue weighted by Gasteiger charge is -2.24. The Morgan fingerprint density at radius 3 is 2.30 bits per heavy atom. The Balaban J connectivity index is 1.87. The van der Waals surface area contributed by atoms with Gasteiger partial charge in [-0.25, -0.2) is 0 Å². The highest BCUT2D eigenvalue weighted by Gasteiger charge is 2.16. The van der Waals surface area contributed by atoms with E-state index in [1.54, 1.807) is 0 Å².